The first kappa shape index (κ1) is 12.5. The van der Waals surface area contributed by atoms with E-state index in [0.29, 0.717) is 24.8 Å². The van der Waals surface area contributed by atoms with Gasteiger partial charge >= 0.3 is 0 Å². The molecule has 4 heteroatoms. The van der Waals surface area contributed by atoms with E-state index >= 15 is 0 Å². The Morgan fingerprint density at radius 1 is 1.47 bits per heavy atom. The summed E-state index contributed by atoms with van der Waals surface area (Å²) in [6.07, 6.45) is -0.0611. The molecule has 1 rings (SSSR count). The zero-order valence-corrected chi connectivity index (χ0v) is 9.54. The zero-order chi connectivity index (χ0) is 11.1. The monoisotopic (exact) mass is 229 g/mol. The molecule has 1 atom stereocenters. The van der Waals surface area contributed by atoms with Gasteiger partial charge in [-0.2, -0.15) is 0 Å². The van der Waals surface area contributed by atoms with Gasteiger partial charge in [-0.1, -0.05) is 23.7 Å². The Balaban J connectivity index is 2.41. The number of ether oxygens (including phenoxy) is 2. The van der Waals surface area contributed by atoms with Crippen LogP contribution in [0, 0.1) is 0 Å². The van der Waals surface area contributed by atoms with Crippen LogP contribution in [0.15, 0.2) is 24.3 Å². The quantitative estimate of drug-likeness (QED) is 0.810. The molecule has 0 heterocycles. The van der Waals surface area contributed by atoms with E-state index in [1.54, 1.807) is 7.11 Å². The smallest absolute Gasteiger partial charge is 0.0934 e. The van der Waals surface area contributed by atoms with Crippen LogP contribution in [0.5, 0.6) is 0 Å². The van der Waals surface area contributed by atoms with Gasteiger partial charge in [-0.3, -0.25) is 0 Å². The van der Waals surface area contributed by atoms with Crippen LogP contribution in [0.4, 0.5) is 0 Å². The maximum absolute atomic E-state index is 5.85. The summed E-state index contributed by atoms with van der Waals surface area (Å²) < 4.78 is 10.5. The molecule has 0 saturated heterocycles. The van der Waals surface area contributed by atoms with Gasteiger partial charge in [0.1, 0.15) is 0 Å². The molecular weight excluding hydrogens is 214 g/mol. The van der Waals surface area contributed by atoms with Gasteiger partial charge < -0.3 is 15.2 Å². The second-order valence-electron chi connectivity index (χ2n) is 3.25. The maximum atomic E-state index is 5.85. The molecule has 1 aromatic rings. The molecule has 0 spiro atoms. The molecular formula is C11H16ClNO2. The molecule has 0 aliphatic heterocycles. The number of rotatable bonds is 6. The fraction of sp³-hybridized carbons (Fsp3) is 0.455. The van der Waals surface area contributed by atoms with Crippen molar-refractivity contribution in [3.63, 3.8) is 0 Å². The van der Waals surface area contributed by atoms with Gasteiger partial charge in [0.05, 0.1) is 19.3 Å². The standard InChI is InChI=1S/C11H16ClNO2/c1-14-8-11(6-13)15-7-9-3-2-4-10(12)5-9/h2-5,11H,6-8,13H2,1H3. The SMILES string of the molecule is COCC(CN)OCc1cccc(Cl)c1. The fourth-order valence-electron chi connectivity index (χ4n) is 1.21. The lowest BCUT2D eigenvalue weighted by Gasteiger charge is -2.14. The summed E-state index contributed by atoms with van der Waals surface area (Å²) in [5.74, 6) is 0. The van der Waals surface area contributed by atoms with Crippen LogP contribution in [0.2, 0.25) is 5.02 Å². The highest BCUT2D eigenvalue weighted by molar-refractivity contribution is 6.30. The Hall–Kier alpha value is -0.610. The summed E-state index contributed by atoms with van der Waals surface area (Å²) in [6, 6.07) is 7.57. The topological polar surface area (TPSA) is 44.5 Å². The number of hydrogen-bond donors (Lipinski definition) is 1. The van der Waals surface area contributed by atoms with Gasteiger partial charge in [-0.25, -0.2) is 0 Å². The second kappa shape index (κ2) is 6.80. The van der Waals surface area contributed by atoms with Gasteiger partial charge in [0.15, 0.2) is 0 Å². The Bertz CT molecular complexity index is 294. The van der Waals surface area contributed by atoms with Crippen LogP contribution in [0.3, 0.4) is 0 Å². The Morgan fingerprint density at radius 3 is 2.87 bits per heavy atom. The number of benzene rings is 1. The summed E-state index contributed by atoms with van der Waals surface area (Å²) >= 11 is 5.85. The van der Waals surface area contributed by atoms with E-state index in [1.165, 1.54) is 0 Å². The summed E-state index contributed by atoms with van der Waals surface area (Å²) in [5.41, 5.74) is 6.56. The lowest BCUT2D eigenvalue weighted by atomic mass is 10.2. The molecule has 2 N–H and O–H groups in total. The van der Waals surface area contributed by atoms with Crippen molar-refractivity contribution in [2.24, 2.45) is 5.73 Å². The third kappa shape index (κ3) is 4.62. The maximum Gasteiger partial charge on any atom is 0.0934 e. The van der Waals surface area contributed by atoms with E-state index in [1.807, 2.05) is 24.3 Å². The van der Waals surface area contributed by atoms with Crippen LogP contribution in [0.25, 0.3) is 0 Å². The fourth-order valence-corrected chi connectivity index (χ4v) is 1.42. The predicted molar refractivity (Wildman–Crippen MR) is 61.0 cm³/mol. The van der Waals surface area contributed by atoms with Crippen molar-refractivity contribution < 1.29 is 9.47 Å². The van der Waals surface area contributed by atoms with Gasteiger partial charge in [0, 0.05) is 18.7 Å². The summed E-state index contributed by atoms with van der Waals surface area (Å²) in [7, 11) is 1.63. The Labute approximate surface area is 95.1 Å². The molecule has 0 aliphatic rings. The van der Waals surface area contributed by atoms with Gasteiger partial charge in [0.25, 0.3) is 0 Å². The first-order valence-corrected chi connectivity index (χ1v) is 5.19. The number of nitrogens with two attached hydrogens (primary N) is 1. The van der Waals surface area contributed by atoms with Crippen LogP contribution < -0.4 is 5.73 Å². The number of methoxy groups -OCH3 is 1. The second-order valence-corrected chi connectivity index (χ2v) is 3.69. The van der Waals surface area contributed by atoms with Crippen LogP contribution >= 0.6 is 11.6 Å². The van der Waals surface area contributed by atoms with Crippen molar-refractivity contribution >= 4 is 11.6 Å². The molecule has 84 valence electrons. The summed E-state index contributed by atoms with van der Waals surface area (Å²) in [4.78, 5) is 0. The van der Waals surface area contributed by atoms with Crippen molar-refractivity contribution in [3.05, 3.63) is 34.9 Å². The average molecular weight is 230 g/mol. The van der Waals surface area contributed by atoms with E-state index in [9.17, 15) is 0 Å². The van der Waals surface area contributed by atoms with Crippen LogP contribution in [-0.2, 0) is 16.1 Å². The first-order chi connectivity index (χ1) is 7.26. The van der Waals surface area contributed by atoms with E-state index in [-0.39, 0.29) is 6.10 Å². The van der Waals surface area contributed by atoms with E-state index in [2.05, 4.69) is 0 Å². The zero-order valence-electron chi connectivity index (χ0n) is 8.78. The molecule has 0 saturated carbocycles. The molecule has 0 amide bonds. The summed E-state index contributed by atoms with van der Waals surface area (Å²) in [6.45, 7) is 1.47. The number of hydrogen-bond acceptors (Lipinski definition) is 3. The predicted octanol–water partition coefficient (Wildman–Crippen LogP) is 1.83. The highest BCUT2D eigenvalue weighted by atomic mass is 35.5. The van der Waals surface area contributed by atoms with Crippen molar-refractivity contribution in [2.75, 3.05) is 20.3 Å². The van der Waals surface area contributed by atoms with Crippen molar-refractivity contribution in [3.8, 4) is 0 Å². The summed E-state index contributed by atoms with van der Waals surface area (Å²) in [5, 5.41) is 0.715. The minimum absolute atomic E-state index is 0.0611. The van der Waals surface area contributed by atoms with Gasteiger partial charge in [0.2, 0.25) is 0 Å². The van der Waals surface area contributed by atoms with Gasteiger partial charge in [-0.05, 0) is 17.7 Å². The minimum Gasteiger partial charge on any atom is -0.382 e. The molecule has 0 radical (unpaired) electrons. The van der Waals surface area contributed by atoms with E-state index in [0.717, 1.165) is 5.56 Å². The minimum atomic E-state index is -0.0611. The highest BCUT2D eigenvalue weighted by Crippen LogP contribution is 2.12. The first-order valence-electron chi connectivity index (χ1n) is 4.81. The van der Waals surface area contributed by atoms with Crippen molar-refractivity contribution in [1.29, 1.82) is 0 Å². The molecule has 0 bridgehead atoms. The Morgan fingerprint density at radius 2 is 2.27 bits per heavy atom. The molecule has 1 unspecified atom stereocenters. The van der Waals surface area contributed by atoms with Crippen LogP contribution in [-0.4, -0.2) is 26.4 Å². The van der Waals surface area contributed by atoms with Crippen molar-refractivity contribution in [2.45, 2.75) is 12.7 Å². The average Bonchev–Trinajstić information content (AvgIpc) is 2.24. The molecule has 3 nitrogen and oxygen atoms in total. The molecule has 0 aliphatic carbocycles. The molecule has 1 aromatic carbocycles. The Kier molecular flexibility index (Phi) is 5.65. The molecule has 15 heavy (non-hydrogen) atoms. The number of halogens is 1. The third-order valence-corrected chi connectivity index (χ3v) is 2.23. The lowest BCUT2D eigenvalue weighted by molar-refractivity contribution is -0.00562. The molecule has 0 fully saturated rings. The third-order valence-electron chi connectivity index (χ3n) is 1.99. The lowest BCUT2D eigenvalue weighted by Crippen LogP contribution is -2.28. The van der Waals surface area contributed by atoms with E-state index < -0.39 is 0 Å². The van der Waals surface area contributed by atoms with Gasteiger partial charge in [-0.15, -0.1) is 0 Å². The van der Waals surface area contributed by atoms with Crippen LogP contribution in [0.1, 0.15) is 5.56 Å². The van der Waals surface area contributed by atoms with E-state index in [4.69, 9.17) is 26.8 Å². The van der Waals surface area contributed by atoms with Crippen molar-refractivity contribution in [1.82, 2.24) is 0 Å². The highest BCUT2D eigenvalue weighted by Gasteiger charge is 2.06. The normalized spacial score (nSPS) is 12.7. The largest absolute Gasteiger partial charge is 0.382 e. The molecule has 0 aromatic heterocycles.